The van der Waals surface area contributed by atoms with Crippen LogP contribution in [0, 0.1) is 5.41 Å². The Morgan fingerprint density at radius 2 is 1.70 bits per heavy atom. The summed E-state index contributed by atoms with van der Waals surface area (Å²) in [5.74, 6) is 0.292. The van der Waals surface area contributed by atoms with E-state index in [4.69, 9.17) is 5.73 Å². The highest BCUT2D eigenvalue weighted by molar-refractivity contribution is 5.82. The van der Waals surface area contributed by atoms with E-state index in [0.717, 1.165) is 24.0 Å². The maximum atomic E-state index is 12.7. The fourth-order valence-electron chi connectivity index (χ4n) is 3.13. The van der Waals surface area contributed by atoms with Crippen LogP contribution in [0.15, 0.2) is 24.3 Å². The van der Waals surface area contributed by atoms with Crippen molar-refractivity contribution in [3.8, 4) is 0 Å². The average molecular weight is 274 g/mol. The lowest BCUT2D eigenvalue weighted by Crippen LogP contribution is -2.41. The van der Waals surface area contributed by atoms with Crippen molar-refractivity contribution in [2.24, 2.45) is 11.1 Å². The molecule has 2 rings (SSSR count). The van der Waals surface area contributed by atoms with Gasteiger partial charge in [0.15, 0.2) is 0 Å². The van der Waals surface area contributed by atoms with Crippen molar-refractivity contribution in [1.82, 2.24) is 4.90 Å². The van der Waals surface area contributed by atoms with Crippen molar-refractivity contribution in [2.45, 2.75) is 52.1 Å². The zero-order valence-corrected chi connectivity index (χ0v) is 12.7. The van der Waals surface area contributed by atoms with Gasteiger partial charge < -0.3 is 10.6 Å². The third-order valence-corrected chi connectivity index (χ3v) is 4.50. The standard InChI is InChI=1S/C17H26N2O/c1-17(10-4-3-5-11-17)16(20)19(2)13-15-8-6-14(12-18)7-9-15/h6-9H,3-5,10-13,18H2,1-2H3. The second-order valence-corrected chi connectivity index (χ2v) is 6.30. The van der Waals surface area contributed by atoms with Gasteiger partial charge in [-0.05, 0) is 24.0 Å². The van der Waals surface area contributed by atoms with E-state index in [9.17, 15) is 4.79 Å². The number of benzene rings is 1. The molecule has 0 atom stereocenters. The second-order valence-electron chi connectivity index (χ2n) is 6.30. The van der Waals surface area contributed by atoms with Gasteiger partial charge in [0.25, 0.3) is 0 Å². The van der Waals surface area contributed by atoms with Gasteiger partial charge in [-0.15, -0.1) is 0 Å². The van der Waals surface area contributed by atoms with Crippen LogP contribution >= 0.6 is 0 Å². The maximum Gasteiger partial charge on any atom is 0.228 e. The third kappa shape index (κ3) is 3.40. The van der Waals surface area contributed by atoms with Crippen LogP contribution in [0.1, 0.15) is 50.2 Å². The number of nitrogens with zero attached hydrogens (tertiary/aromatic N) is 1. The van der Waals surface area contributed by atoms with Crippen molar-refractivity contribution < 1.29 is 4.79 Å². The Kier molecular flexibility index (Phi) is 4.81. The van der Waals surface area contributed by atoms with Crippen molar-refractivity contribution >= 4 is 5.91 Å². The predicted octanol–water partition coefficient (Wildman–Crippen LogP) is 3.07. The monoisotopic (exact) mass is 274 g/mol. The van der Waals surface area contributed by atoms with Crippen molar-refractivity contribution in [1.29, 1.82) is 0 Å². The molecule has 0 radical (unpaired) electrons. The molecule has 20 heavy (non-hydrogen) atoms. The molecular weight excluding hydrogens is 248 g/mol. The van der Waals surface area contributed by atoms with Gasteiger partial charge in [-0.1, -0.05) is 50.5 Å². The number of hydrogen-bond donors (Lipinski definition) is 1. The lowest BCUT2D eigenvalue weighted by molar-refractivity contribution is -0.142. The van der Waals surface area contributed by atoms with Gasteiger partial charge in [-0.25, -0.2) is 0 Å². The van der Waals surface area contributed by atoms with E-state index in [0.29, 0.717) is 19.0 Å². The van der Waals surface area contributed by atoms with E-state index in [1.54, 1.807) is 0 Å². The van der Waals surface area contributed by atoms with E-state index in [-0.39, 0.29) is 5.41 Å². The van der Waals surface area contributed by atoms with Crippen LogP contribution in [-0.4, -0.2) is 17.9 Å². The summed E-state index contributed by atoms with van der Waals surface area (Å²) in [5, 5.41) is 0. The predicted molar refractivity (Wildman–Crippen MR) is 82.0 cm³/mol. The summed E-state index contributed by atoms with van der Waals surface area (Å²) >= 11 is 0. The van der Waals surface area contributed by atoms with E-state index >= 15 is 0 Å². The van der Waals surface area contributed by atoms with Gasteiger partial charge in [-0.3, -0.25) is 4.79 Å². The first kappa shape index (κ1) is 15.0. The van der Waals surface area contributed by atoms with Crippen LogP contribution in [0.3, 0.4) is 0 Å². The normalized spacial score (nSPS) is 17.8. The van der Waals surface area contributed by atoms with Crippen LogP contribution in [-0.2, 0) is 17.9 Å². The molecule has 0 bridgehead atoms. The summed E-state index contributed by atoms with van der Waals surface area (Å²) in [7, 11) is 1.92. The molecule has 0 aromatic heterocycles. The Hall–Kier alpha value is -1.35. The SMILES string of the molecule is CN(Cc1ccc(CN)cc1)C(=O)C1(C)CCCCC1. The number of amides is 1. The summed E-state index contributed by atoms with van der Waals surface area (Å²) in [6.07, 6.45) is 5.69. The number of carbonyl (C=O) groups is 1. The number of carbonyl (C=O) groups excluding carboxylic acids is 1. The quantitative estimate of drug-likeness (QED) is 0.917. The van der Waals surface area contributed by atoms with Crippen LogP contribution in [0.25, 0.3) is 0 Å². The third-order valence-electron chi connectivity index (χ3n) is 4.50. The lowest BCUT2D eigenvalue weighted by atomic mass is 9.74. The first-order chi connectivity index (χ1) is 9.55. The Morgan fingerprint density at radius 1 is 1.15 bits per heavy atom. The fourth-order valence-corrected chi connectivity index (χ4v) is 3.13. The Balaban J connectivity index is 1.99. The molecule has 3 nitrogen and oxygen atoms in total. The largest absolute Gasteiger partial charge is 0.341 e. The molecule has 0 spiro atoms. The van der Waals surface area contributed by atoms with E-state index < -0.39 is 0 Å². The van der Waals surface area contributed by atoms with Crippen molar-refractivity contribution in [2.75, 3.05) is 7.05 Å². The molecule has 0 unspecified atom stereocenters. The first-order valence-electron chi connectivity index (χ1n) is 7.59. The summed E-state index contributed by atoms with van der Waals surface area (Å²) in [6, 6.07) is 8.20. The van der Waals surface area contributed by atoms with Crippen LogP contribution in [0.4, 0.5) is 0 Å². The van der Waals surface area contributed by atoms with Gasteiger partial charge in [0.2, 0.25) is 5.91 Å². The molecule has 1 amide bonds. The second kappa shape index (κ2) is 6.40. The van der Waals surface area contributed by atoms with E-state index in [1.165, 1.54) is 19.3 Å². The van der Waals surface area contributed by atoms with Crippen LogP contribution in [0.2, 0.25) is 0 Å². The van der Waals surface area contributed by atoms with Crippen molar-refractivity contribution in [3.05, 3.63) is 35.4 Å². The molecule has 1 saturated carbocycles. The molecule has 1 fully saturated rings. The van der Waals surface area contributed by atoms with Gasteiger partial charge in [0, 0.05) is 25.6 Å². The van der Waals surface area contributed by atoms with Gasteiger partial charge in [0.1, 0.15) is 0 Å². The highest BCUT2D eigenvalue weighted by Gasteiger charge is 2.36. The minimum Gasteiger partial charge on any atom is -0.341 e. The molecule has 2 N–H and O–H groups in total. The Bertz CT molecular complexity index is 447. The molecule has 0 heterocycles. The fraction of sp³-hybridized carbons (Fsp3) is 0.588. The smallest absolute Gasteiger partial charge is 0.228 e. The summed E-state index contributed by atoms with van der Waals surface area (Å²) < 4.78 is 0. The van der Waals surface area contributed by atoms with E-state index in [2.05, 4.69) is 19.1 Å². The molecule has 1 aromatic rings. The van der Waals surface area contributed by atoms with Crippen LogP contribution < -0.4 is 5.73 Å². The molecule has 1 aromatic carbocycles. The molecule has 0 saturated heterocycles. The molecule has 0 aliphatic heterocycles. The zero-order valence-electron chi connectivity index (χ0n) is 12.7. The average Bonchev–Trinajstić information content (AvgIpc) is 2.48. The first-order valence-corrected chi connectivity index (χ1v) is 7.59. The Morgan fingerprint density at radius 3 is 2.25 bits per heavy atom. The summed E-state index contributed by atoms with van der Waals surface area (Å²) in [6.45, 7) is 3.37. The lowest BCUT2D eigenvalue weighted by Gasteiger charge is -2.35. The molecule has 3 heteroatoms. The topological polar surface area (TPSA) is 46.3 Å². The minimum absolute atomic E-state index is 0.149. The highest BCUT2D eigenvalue weighted by atomic mass is 16.2. The maximum absolute atomic E-state index is 12.7. The van der Waals surface area contributed by atoms with Gasteiger partial charge in [0.05, 0.1) is 0 Å². The molecule has 110 valence electrons. The summed E-state index contributed by atoms with van der Waals surface area (Å²) in [5.41, 5.74) is 7.74. The minimum atomic E-state index is -0.149. The van der Waals surface area contributed by atoms with Crippen molar-refractivity contribution in [3.63, 3.8) is 0 Å². The molecular formula is C17H26N2O. The highest BCUT2D eigenvalue weighted by Crippen LogP contribution is 2.37. The van der Waals surface area contributed by atoms with Gasteiger partial charge in [-0.2, -0.15) is 0 Å². The van der Waals surface area contributed by atoms with Gasteiger partial charge >= 0.3 is 0 Å². The number of rotatable bonds is 4. The summed E-state index contributed by atoms with van der Waals surface area (Å²) in [4.78, 5) is 14.5. The van der Waals surface area contributed by atoms with E-state index in [1.807, 2.05) is 24.1 Å². The molecule has 1 aliphatic carbocycles. The van der Waals surface area contributed by atoms with Crippen LogP contribution in [0.5, 0.6) is 0 Å². The Labute approximate surface area is 122 Å². The number of hydrogen-bond acceptors (Lipinski definition) is 2. The zero-order chi connectivity index (χ0) is 14.6. The number of nitrogens with two attached hydrogens (primary N) is 1. The molecule has 1 aliphatic rings.